The summed E-state index contributed by atoms with van der Waals surface area (Å²) in [6.07, 6.45) is 2.23. The van der Waals surface area contributed by atoms with Gasteiger partial charge in [-0.2, -0.15) is 0 Å². The van der Waals surface area contributed by atoms with E-state index in [0.717, 1.165) is 60.3 Å². The van der Waals surface area contributed by atoms with Crippen LogP contribution in [-0.2, 0) is 11.3 Å². The number of amides is 1. The van der Waals surface area contributed by atoms with Crippen molar-refractivity contribution in [1.29, 1.82) is 0 Å². The van der Waals surface area contributed by atoms with E-state index in [-0.39, 0.29) is 29.7 Å². The summed E-state index contributed by atoms with van der Waals surface area (Å²) in [5.41, 5.74) is 4.77. The smallest absolute Gasteiger partial charge is 0.254 e. The van der Waals surface area contributed by atoms with Crippen LogP contribution in [0, 0.1) is 26.7 Å². The Morgan fingerprint density at radius 1 is 1.19 bits per heavy atom. The van der Waals surface area contributed by atoms with Crippen LogP contribution in [0.15, 0.2) is 35.1 Å². The van der Waals surface area contributed by atoms with Crippen LogP contribution >= 0.6 is 0 Å². The van der Waals surface area contributed by atoms with Crippen molar-refractivity contribution in [3.63, 3.8) is 0 Å². The summed E-state index contributed by atoms with van der Waals surface area (Å²) in [7, 11) is 1.78. The molecule has 37 heavy (non-hydrogen) atoms. The molecular formula is C30H42N4O3. The van der Waals surface area contributed by atoms with Crippen LogP contribution in [0.4, 0.5) is 0 Å². The van der Waals surface area contributed by atoms with Crippen LogP contribution in [0.1, 0.15) is 72.5 Å². The van der Waals surface area contributed by atoms with Crippen LogP contribution in [0.2, 0.25) is 0 Å². The molecule has 7 heteroatoms. The lowest BCUT2D eigenvalue weighted by atomic mass is 9.89. The predicted octanol–water partition coefficient (Wildman–Crippen LogP) is 4.88. The first kappa shape index (κ1) is 27.1. The fraction of sp³-hybridized carbons (Fsp3) is 0.533. The Morgan fingerprint density at radius 3 is 2.51 bits per heavy atom. The molecule has 0 bridgehead atoms. The minimum absolute atomic E-state index is 0.143. The Labute approximate surface area is 220 Å². The molecule has 0 unspecified atom stereocenters. The molecule has 1 aromatic carbocycles. The Morgan fingerprint density at radius 2 is 1.86 bits per heavy atom. The fourth-order valence-corrected chi connectivity index (χ4v) is 5.97. The minimum atomic E-state index is -0.147. The van der Waals surface area contributed by atoms with Crippen LogP contribution in [0.5, 0.6) is 0 Å². The number of pyridine rings is 1. The number of aryl methyl sites for hydroxylation is 2. The van der Waals surface area contributed by atoms with Crippen molar-refractivity contribution in [3.8, 4) is 0 Å². The number of aromatic amines is 1. The summed E-state index contributed by atoms with van der Waals surface area (Å²) < 4.78 is 7.99. The van der Waals surface area contributed by atoms with Crippen molar-refractivity contribution < 1.29 is 9.53 Å². The molecule has 0 aliphatic carbocycles. The van der Waals surface area contributed by atoms with Gasteiger partial charge in [0.15, 0.2) is 0 Å². The van der Waals surface area contributed by atoms with Crippen molar-refractivity contribution in [2.24, 2.45) is 5.92 Å². The molecule has 1 saturated heterocycles. The molecule has 3 heterocycles. The summed E-state index contributed by atoms with van der Waals surface area (Å²) in [6, 6.07) is 10.4. The Bertz CT molecular complexity index is 1330. The molecule has 3 aromatic rings. The van der Waals surface area contributed by atoms with Gasteiger partial charge in [-0.15, -0.1) is 0 Å². The van der Waals surface area contributed by atoms with E-state index in [1.807, 2.05) is 45.0 Å². The number of hydrogen-bond acceptors (Lipinski definition) is 4. The van der Waals surface area contributed by atoms with Gasteiger partial charge in [-0.1, -0.05) is 18.2 Å². The van der Waals surface area contributed by atoms with E-state index in [1.54, 1.807) is 7.11 Å². The zero-order valence-electron chi connectivity index (χ0n) is 23.4. The van der Waals surface area contributed by atoms with Gasteiger partial charge in [0.25, 0.3) is 11.5 Å². The standard InChI is InChI=1S/C30H42N4O3/c1-19-16-20(2)32-28(35)25(19)17-31-29(36)27-22(4)34(26-11-9-8-10-24(26)27)21(3)23-12-14-33(15-13-23)18-30(5,6)37-7/h8-11,16,21,23H,12-15,17-18H2,1-7H3,(H,31,36)(H,32,35)/t21-/m1/s1. The summed E-state index contributed by atoms with van der Waals surface area (Å²) in [4.78, 5) is 31.3. The number of carbonyl (C=O) groups excluding carboxylic acids is 1. The molecule has 0 saturated carbocycles. The lowest BCUT2D eigenvalue weighted by Crippen LogP contribution is -2.44. The average molecular weight is 507 g/mol. The summed E-state index contributed by atoms with van der Waals surface area (Å²) in [5, 5.41) is 3.98. The number of nitrogens with zero attached hydrogens (tertiary/aromatic N) is 2. The lowest BCUT2D eigenvalue weighted by Gasteiger charge is -2.39. The first-order valence-electron chi connectivity index (χ1n) is 13.4. The van der Waals surface area contributed by atoms with Gasteiger partial charge in [-0.3, -0.25) is 9.59 Å². The van der Waals surface area contributed by atoms with Gasteiger partial charge < -0.3 is 24.5 Å². The number of ether oxygens (including phenoxy) is 1. The molecule has 4 rings (SSSR count). The highest BCUT2D eigenvalue weighted by Gasteiger charge is 2.31. The Balaban J connectivity index is 1.55. The number of carbonyl (C=O) groups is 1. The minimum Gasteiger partial charge on any atom is -0.377 e. The average Bonchev–Trinajstić information content (AvgIpc) is 3.14. The normalized spacial score (nSPS) is 16.3. The van der Waals surface area contributed by atoms with E-state index in [9.17, 15) is 9.59 Å². The zero-order chi connectivity index (χ0) is 26.9. The second-order valence-corrected chi connectivity index (χ2v) is 11.3. The number of hydrogen-bond donors (Lipinski definition) is 2. The highest BCUT2D eigenvalue weighted by atomic mass is 16.5. The highest BCUT2D eigenvalue weighted by Crippen LogP contribution is 2.36. The third kappa shape index (κ3) is 5.68. The number of methoxy groups -OCH3 is 1. The molecule has 2 aromatic heterocycles. The predicted molar refractivity (Wildman–Crippen MR) is 149 cm³/mol. The molecule has 0 spiro atoms. The molecule has 1 aliphatic heterocycles. The monoisotopic (exact) mass is 506 g/mol. The van der Waals surface area contributed by atoms with Gasteiger partial charge in [0.2, 0.25) is 0 Å². The van der Waals surface area contributed by atoms with E-state index in [4.69, 9.17) is 4.74 Å². The zero-order valence-corrected chi connectivity index (χ0v) is 23.4. The number of benzene rings is 1. The van der Waals surface area contributed by atoms with Gasteiger partial charge in [0.1, 0.15) is 0 Å². The molecule has 1 aliphatic rings. The van der Waals surface area contributed by atoms with Crippen molar-refractivity contribution >= 4 is 16.8 Å². The van der Waals surface area contributed by atoms with Gasteiger partial charge in [-0.05, 0) is 91.1 Å². The summed E-state index contributed by atoms with van der Waals surface area (Å²) in [6.45, 7) is 15.6. The maximum Gasteiger partial charge on any atom is 0.254 e. The lowest BCUT2D eigenvalue weighted by molar-refractivity contribution is -0.0162. The molecule has 200 valence electrons. The molecule has 0 radical (unpaired) electrons. The van der Waals surface area contributed by atoms with Gasteiger partial charge in [-0.25, -0.2) is 0 Å². The van der Waals surface area contributed by atoms with Crippen LogP contribution in [0.25, 0.3) is 10.9 Å². The molecule has 7 nitrogen and oxygen atoms in total. The number of rotatable bonds is 8. The maximum absolute atomic E-state index is 13.5. The van der Waals surface area contributed by atoms with Crippen molar-refractivity contribution in [3.05, 3.63) is 68.8 Å². The van der Waals surface area contributed by atoms with Gasteiger partial charge >= 0.3 is 0 Å². The highest BCUT2D eigenvalue weighted by molar-refractivity contribution is 6.08. The number of fused-ring (bicyclic) bond motifs is 1. The molecule has 1 atom stereocenters. The van der Waals surface area contributed by atoms with Crippen molar-refractivity contribution in [2.45, 2.75) is 72.6 Å². The van der Waals surface area contributed by atoms with Gasteiger partial charge in [0.05, 0.1) is 11.2 Å². The molecule has 1 fully saturated rings. The second kappa shape index (κ2) is 10.8. The molecule has 1 amide bonds. The topological polar surface area (TPSA) is 79.4 Å². The van der Waals surface area contributed by atoms with E-state index in [0.29, 0.717) is 17.0 Å². The van der Waals surface area contributed by atoms with Crippen LogP contribution in [0.3, 0.4) is 0 Å². The van der Waals surface area contributed by atoms with Crippen molar-refractivity contribution in [1.82, 2.24) is 19.8 Å². The number of para-hydroxylation sites is 1. The SMILES string of the molecule is COC(C)(C)CN1CCC([C@@H](C)n2c(C)c(C(=O)NCc3c(C)cc(C)[nH]c3=O)c3ccccc32)CC1. The molecule has 2 N–H and O–H groups in total. The Hall–Kier alpha value is -2.90. The number of likely N-dealkylation sites (tertiary alicyclic amines) is 1. The number of H-pyrrole nitrogens is 1. The van der Waals surface area contributed by atoms with Gasteiger partial charge in [0, 0.05) is 54.1 Å². The van der Waals surface area contributed by atoms with E-state index < -0.39 is 0 Å². The number of piperidine rings is 1. The largest absolute Gasteiger partial charge is 0.377 e. The quantitative estimate of drug-likeness (QED) is 0.456. The maximum atomic E-state index is 13.5. The van der Waals surface area contributed by atoms with Crippen LogP contribution in [-0.4, -0.2) is 52.7 Å². The second-order valence-electron chi connectivity index (χ2n) is 11.3. The molecular weight excluding hydrogens is 464 g/mol. The van der Waals surface area contributed by atoms with E-state index >= 15 is 0 Å². The van der Waals surface area contributed by atoms with Crippen LogP contribution < -0.4 is 10.9 Å². The van der Waals surface area contributed by atoms with E-state index in [2.05, 4.69) is 46.6 Å². The number of aromatic nitrogens is 2. The fourth-order valence-electron chi connectivity index (χ4n) is 5.97. The number of nitrogens with one attached hydrogen (secondary N) is 2. The Kier molecular flexibility index (Phi) is 7.95. The first-order valence-corrected chi connectivity index (χ1v) is 13.4. The van der Waals surface area contributed by atoms with Crippen molar-refractivity contribution in [2.75, 3.05) is 26.7 Å². The summed E-state index contributed by atoms with van der Waals surface area (Å²) in [5.74, 6) is 0.386. The third-order valence-corrected chi connectivity index (χ3v) is 8.18. The first-order chi connectivity index (χ1) is 17.5. The summed E-state index contributed by atoms with van der Waals surface area (Å²) >= 11 is 0. The third-order valence-electron chi connectivity index (χ3n) is 8.18. The van der Waals surface area contributed by atoms with E-state index in [1.165, 1.54) is 0 Å².